The Kier molecular flexibility index (Phi) is 10.3. The first kappa shape index (κ1) is 40.2. The van der Waals surface area contributed by atoms with E-state index >= 15 is 0 Å². The maximum Gasteiger partial charge on any atom is 0.209 e. The first-order valence-electron chi connectivity index (χ1n) is 22.6. The van der Waals surface area contributed by atoms with Crippen LogP contribution in [0.4, 0.5) is 11.4 Å². The lowest BCUT2D eigenvalue weighted by Gasteiger charge is -2.15. The second-order valence-corrected chi connectivity index (χ2v) is 18.1. The number of benzene rings is 4. The van der Waals surface area contributed by atoms with Gasteiger partial charge in [0.05, 0.1) is 10.8 Å². The zero-order chi connectivity index (χ0) is 43.3. The summed E-state index contributed by atoms with van der Waals surface area (Å²) in [6, 6.07) is 39.9. The number of aryl methyl sites for hydroxylation is 2. The largest absolute Gasteiger partial charge is 0.347 e. The van der Waals surface area contributed by atoms with Gasteiger partial charge in [-0.1, -0.05) is 48.5 Å². The Balaban J connectivity index is 0.995. The van der Waals surface area contributed by atoms with E-state index in [1.54, 1.807) is 0 Å². The molecule has 0 spiro atoms. The second-order valence-electron chi connectivity index (χ2n) is 18.1. The maximum absolute atomic E-state index is 4.29. The highest BCUT2D eigenvalue weighted by molar-refractivity contribution is 6.08. The molecule has 0 saturated carbocycles. The molecule has 63 heavy (non-hydrogen) atoms. The summed E-state index contributed by atoms with van der Waals surface area (Å²) in [5.41, 5.74) is 17.6. The molecule has 2 aliphatic heterocycles. The molecular weight excluding hydrogens is 769 g/mol. The molecule has 6 heterocycles. The first-order valence-corrected chi connectivity index (χ1v) is 22.6. The fourth-order valence-corrected chi connectivity index (χ4v) is 10.4. The molecule has 10 rings (SSSR count). The van der Waals surface area contributed by atoms with E-state index in [2.05, 4.69) is 216 Å². The lowest BCUT2D eigenvalue weighted by molar-refractivity contribution is -0.433. The monoisotopic (exact) mass is 824 g/mol. The van der Waals surface area contributed by atoms with Gasteiger partial charge in [0, 0.05) is 119 Å². The molecule has 4 aromatic heterocycles. The van der Waals surface area contributed by atoms with Gasteiger partial charge in [-0.15, -0.1) is 0 Å². The molecule has 4 aromatic carbocycles. The Morgan fingerprint density at radius 3 is 1.32 bits per heavy atom. The molecular formula is C57H56N6+2. The predicted octanol–water partition coefficient (Wildman–Crippen LogP) is 13.0. The summed E-state index contributed by atoms with van der Waals surface area (Å²) in [4.78, 5) is 8.57. The van der Waals surface area contributed by atoms with E-state index in [0.717, 1.165) is 32.6 Å². The number of fused-ring (bicyclic) bond motifs is 4. The van der Waals surface area contributed by atoms with Crippen molar-refractivity contribution in [2.45, 2.75) is 71.9 Å². The highest BCUT2D eigenvalue weighted by atomic mass is 15.1. The average Bonchev–Trinajstić information content (AvgIpc) is 3.98. The molecule has 0 bridgehead atoms. The van der Waals surface area contributed by atoms with Crippen molar-refractivity contribution >= 4 is 56.8 Å². The number of allylic oxidation sites excluding steroid dienone is 2. The van der Waals surface area contributed by atoms with Gasteiger partial charge in [0.2, 0.25) is 11.4 Å². The summed E-state index contributed by atoms with van der Waals surface area (Å²) in [5, 5.41) is 2.52. The van der Waals surface area contributed by atoms with Crippen LogP contribution in [0.1, 0.15) is 70.2 Å². The summed E-state index contributed by atoms with van der Waals surface area (Å²) < 4.78 is 9.88. The van der Waals surface area contributed by atoms with Gasteiger partial charge < -0.3 is 9.13 Å². The van der Waals surface area contributed by atoms with Gasteiger partial charge in [0.15, 0.2) is 11.4 Å². The molecule has 0 N–H and O–H groups in total. The van der Waals surface area contributed by atoms with E-state index < -0.39 is 0 Å². The minimum Gasteiger partial charge on any atom is -0.347 e. The summed E-state index contributed by atoms with van der Waals surface area (Å²) in [7, 11) is 0. The quantitative estimate of drug-likeness (QED) is 0.115. The number of hydrogen-bond acceptors (Lipinski definition) is 2. The van der Waals surface area contributed by atoms with Crippen LogP contribution in [0.15, 0.2) is 159 Å². The molecule has 0 atom stereocenters. The van der Waals surface area contributed by atoms with Crippen LogP contribution in [0.25, 0.3) is 56.2 Å². The van der Waals surface area contributed by atoms with Gasteiger partial charge in [-0.05, 0) is 131 Å². The maximum atomic E-state index is 4.29. The van der Waals surface area contributed by atoms with Crippen molar-refractivity contribution in [3.05, 3.63) is 181 Å². The zero-order valence-electron chi connectivity index (χ0n) is 37.4. The SMILES string of the molecule is CC[N+]1=C(C=Cc2cn(CCCn3cc(C=CC4=[N+](CC)c5ccccc5C4(C)C)c4cc(-c5ccncc5)ccc43)c3ccc(-c4ccncc4)cc23)C(C)(C)c2ccccc21. The Morgan fingerprint density at radius 2 is 0.905 bits per heavy atom. The van der Waals surface area contributed by atoms with Crippen molar-refractivity contribution in [1.82, 2.24) is 19.1 Å². The molecule has 0 aliphatic carbocycles. The number of hydrogen-bond donors (Lipinski definition) is 0. The van der Waals surface area contributed by atoms with Gasteiger partial charge in [-0.2, -0.15) is 9.15 Å². The summed E-state index contributed by atoms with van der Waals surface area (Å²) in [5.74, 6) is 0. The Morgan fingerprint density at radius 1 is 0.492 bits per heavy atom. The topological polar surface area (TPSA) is 41.7 Å². The van der Waals surface area contributed by atoms with Gasteiger partial charge in [0.1, 0.15) is 13.1 Å². The van der Waals surface area contributed by atoms with Gasteiger partial charge in [-0.3, -0.25) is 9.97 Å². The van der Waals surface area contributed by atoms with Crippen molar-refractivity contribution in [1.29, 1.82) is 0 Å². The minimum atomic E-state index is -0.0946. The second kappa shape index (κ2) is 16.1. The minimum absolute atomic E-state index is 0.0946. The predicted molar refractivity (Wildman–Crippen MR) is 263 cm³/mol. The Hall–Kier alpha value is -6.92. The van der Waals surface area contributed by atoms with E-state index in [0.29, 0.717) is 0 Å². The molecule has 0 amide bonds. The molecule has 8 aromatic rings. The first-order chi connectivity index (χ1) is 30.7. The Labute approximate surface area is 371 Å². The zero-order valence-corrected chi connectivity index (χ0v) is 37.4. The third-order valence-corrected chi connectivity index (χ3v) is 13.7. The van der Waals surface area contributed by atoms with Crippen LogP contribution in [0.5, 0.6) is 0 Å². The molecule has 0 saturated heterocycles. The lowest BCUT2D eigenvalue weighted by atomic mass is 9.81. The average molecular weight is 825 g/mol. The van der Waals surface area contributed by atoms with Crippen LogP contribution in [0.3, 0.4) is 0 Å². The number of para-hydroxylation sites is 2. The number of pyridine rings is 2. The van der Waals surface area contributed by atoms with E-state index in [4.69, 9.17) is 0 Å². The number of nitrogens with zero attached hydrogens (tertiary/aromatic N) is 6. The van der Waals surface area contributed by atoms with Gasteiger partial charge in [0.25, 0.3) is 0 Å². The van der Waals surface area contributed by atoms with E-state index in [1.165, 1.54) is 89.1 Å². The molecule has 6 heteroatoms. The van der Waals surface area contributed by atoms with Crippen molar-refractivity contribution in [3.63, 3.8) is 0 Å². The normalized spacial score (nSPS) is 15.5. The Bertz CT molecular complexity index is 2940. The third-order valence-electron chi connectivity index (χ3n) is 13.7. The van der Waals surface area contributed by atoms with Crippen LogP contribution in [0.2, 0.25) is 0 Å². The molecule has 0 radical (unpaired) electrons. The third kappa shape index (κ3) is 6.98. The van der Waals surface area contributed by atoms with Crippen molar-refractivity contribution < 1.29 is 9.15 Å². The smallest absolute Gasteiger partial charge is 0.209 e. The van der Waals surface area contributed by atoms with Crippen molar-refractivity contribution in [3.8, 4) is 22.3 Å². The fraction of sp³-hybridized carbons (Fsp3) is 0.228. The molecule has 2 aliphatic rings. The summed E-state index contributed by atoms with van der Waals surface area (Å²) >= 11 is 0. The van der Waals surface area contributed by atoms with Crippen LogP contribution in [0, 0.1) is 0 Å². The summed E-state index contributed by atoms with van der Waals surface area (Å²) in [6.07, 6.45) is 22.6. The van der Waals surface area contributed by atoms with E-state index in [-0.39, 0.29) is 10.8 Å². The number of rotatable bonds is 12. The molecule has 0 fully saturated rings. The lowest BCUT2D eigenvalue weighted by Crippen LogP contribution is -2.27. The van der Waals surface area contributed by atoms with Crippen LogP contribution in [-0.4, -0.2) is 52.8 Å². The van der Waals surface area contributed by atoms with Crippen LogP contribution < -0.4 is 0 Å². The van der Waals surface area contributed by atoms with E-state index in [1.807, 2.05) is 24.8 Å². The summed E-state index contributed by atoms with van der Waals surface area (Å²) in [6.45, 7) is 17.5. The van der Waals surface area contributed by atoms with Gasteiger partial charge in [-0.25, -0.2) is 0 Å². The van der Waals surface area contributed by atoms with Crippen LogP contribution >= 0.6 is 0 Å². The highest BCUT2D eigenvalue weighted by Crippen LogP contribution is 2.42. The fourth-order valence-electron chi connectivity index (χ4n) is 10.4. The van der Waals surface area contributed by atoms with E-state index in [9.17, 15) is 0 Å². The molecule has 0 unspecified atom stereocenters. The number of aromatic nitrogens is 4. The van der Waals surface area contributed by atoms with Crippen molar-refractivity contribution in [2.24, 2.45) is 0 Å². The standard InChI is InChI=1S/C57H56N6/c1-7-62-52-16-11-9-14-48(52)56(3,4)54(62)24-20-44-38-60(50-22-18-42(36-46(44)50)40-26-30-58-31-27-40)34-13-35-61-39-45(47-37-43(19-23-51(47)61)41-28-32-59-33-29-41)21-25-55-57(5,6)49-15-10-12-17-53(49)63(55)8-2/h9-12,14-33,36-39H,7-8,13,34-35H2,1-6H3/q+2. The highest BCUT2D eigenvalue weighted by Gasteiger charge is 2.44. The van der Waals surface area contributed by atoms with Crippen molar-refractivity contribution in [2.75, 3.05) is 13.1 Å². The molecule has 6 nitrogen and oxygen atoms in total. The molecule has 312 valence electrons. The van der Waals surface area contributed by atoms with Crippen LogP contribution in [-0.2, 0) is 23.9 Å². The van der Waals surface area contributed by atoms with Gasteiger partial charge >= 0.3 is 0 Å².